The normalized spacial score (nSPS) is 9.83. The Balaban J connectivity index is 0.000000261. The third kappa shape index (κ3) is 8.58. The van der Waals surface area contributed by atoms with Gasteiger partial charge in [-0.3, -0.25) is 4.98 Å². The van der Waals surface area contributed by atoms with Gasteiger partial charge in [0.2, 0.25) is 0 Å². The van der Waals surface area contributed by atoms with E-state index >= 15 is 0 Å². The number of nitrogens with zero attached hydrogens (tertiary/aromatic N) is 1. The molecule has 1 aromatic heterocycles. The van der Waals surface area contributed by atoms with Gasteiger partial charge in [-0.2, -0.15) is 0 Å². The number of nitrogens with two attached hydrogens (primary N) is 1. The van der Waals surface area contributed by atoms with Crippen LogP contribution in [0.5, 0.6) is 0 Å². The van der Waals surface area contributed by atoms with E-state index < -0.39 is 10.9 Å². The van der Waals surface area contributed by atoms with Crippen LogP contribution in [0.3, 0.4) is 0 Å². The SMILES string of the molecule is NCc1ccccn1.[Cl][Co]([Cl])[Cl]. The minimum atomic E-state index is -1.19. The first kappa shape index (κ1) is 12.5. The summed E-state index contributed by atoms with van der Waals surface area (Å²) in [6.45, 7) is 0.529. The van der Waals surface area contributed by atoms with E-state index in [1.54, 1.807) is 6.20 Å². The molecular formula is C6H8Cl3CoN2. The maximum absolute atomic E-state index is 5.29. The standard InChI is InChI=1S/C6H8N2.3ClH.Co/c7-5-6-3-1-2-4-8-6;;;;/h1-4H,5,7H2;3*1H;/q;;;;+3/p-3. The predicted octanol–water partition coefficient (Wildman–Crippen LogP) is 2.61. The molecule has 12 heavy (non-hydrogen) atoms. The second kappa shape index (κ2) is 8.10. The van der Waals surface area contributed by atoms with Crippen molar-refractivity contribution < 1.29 is 10.9 Å². The van der Waals surface area contributed by atoms with Gasteiger partial charge in [-0.15, -0.1) is 0 Å². The van der Waals surface area contributed by atoms with Crippen LogP contribution in [0, 0.1) is 0 Å². The number of pyridine rings is 1. The Kier molecular flexibility index (Phi) is 8.43. The van der Waals surface area contributed by atoms with Gasteiger partial charge in [0.05, 0.1) is 5.69 Å². The molecule has 0 spiro atoms. The number of halogens is 3. The first-order valence-corrected chi connectivity index (χ1v) is 7.21. The Hall–Kier alpha value is 0.486. The van der Waals surface area contributed by atoms with Gasteiger partial charge in [0.25, 0.3) is 0 Å². The van der Waals surface area contributed by atoms with Crippen LogP contribution in [-0.2, 0) is 17.5 Å². The molecule has 0 saturated carbocycles. The fourth-order valence-corrected chi connectivity index (χ4v) is 0.519. The quantitative estimate of drug-likeness (QED) is 0.854. The second-order valence-corrected chi connectivity index (χ2v) is 6.83. The van der Waals surface area contributed by atoms with Crippen LogP contribution in [0.4, 0.5) is 0 Å². The van der Waals surface area contributed by atoms with E-state index in [-0.39, 0.29) is 0 Å². The molecule has 1 aromatic rings. The van der Waals surface area contributed by atoms with Crippen LogP contribution in [0.25, 0.3) is 0 Å². The molecule has 0 aromatic carbocycles. The Morgan fingerprint density at radius 3 is 2.17 bits per heavy atom. The van der Waals surface area contributed by atoms with Crippen molar-refractivity contribution in [2.75, 3.05) is 0 Å². The van der Waals surface area contributed by atoms with Crippen LogP contribution in [0.2, 0.25) is 0 Å². The fraction of sp³-hybridized carbons (Fsp3) is 0.167. The van der Waals surface area contributed by atoms with Crippen molar-refractivity contribution in [3.05, 3.63) is 30.1 Å². The molecule has 0 unspecified atom stereocenters. The summed E-state index contributed by atoms with van der Waals surface area (Å²) in [5, 5.41) is 0. The van der Waals surface area contributed by atoms with Gasteiger partial charge in [-0.05, 0) is 12.1 Å². The third-order valence-electron chi connectivity index (χ3n) is 0.935. The molecule has 0 aliphatic rings. The van der Waals surface area contributed by atoms with E-state index in [0.717, 1.165) is 5.69 Å². The molecule has 0 fully saturated rings. The number of hydrogen-bond donors (Lipinski definition) is 1. The number of aromatic nitrogens is 1. The van der Waals surface area contributed by atoms with Gasteiger partial charge in [0.1, 0.15) is 0 Å². The molecule has 0 saturated heterocycles. The first-order chi connectivity index (χ1) is 5.66. The summed E-state index contributed by atoms with van der Waals surface area (Å²) >= 11 is 0. The molecule has 2 nitrogen and oxygen atoms in total. The molecule has 1 heterocycles. The molecule has 0 radical (unpaired) electrons. The van der Waals surface area contributed by atoms with Crippen LogP contribution in [0.1, 0.15) is 5.69 Å². The average Bonchev–Trinajstić information content (AvgIpc) is 2.05. The molecule has 0 atom stereocenters. The molecule has 2 N–H and O–H groups in total. The minimum absolute atomic E-state index is 0.529. The van der Waals surface area contributed by atoms with E-state index in [4.69, 9.17) is 36.2 Å². The molecule has 0 aliphatic heterocycles. The van der Waals surface area contributed by atoms with Crippen molar-refractivity contribution in [3.8, 4) is 0 Å². The summed E-state index contributed by atoms with van der Waals surface area (Å²) in [7, 11) is 13.4. The summed E-state index contributed by atoms with van der Waals surface area (Å²) in [5.41, 5.74) is 6.22. The molecule has 6 heteroatoms. The molecule has 0 aliphatic carbocycles. The molecule has 1 rings (SSSR count). The van der Waals surface area contributed by atoms with E-state index in [1.807, 2.05) is 18.2 Å². The molecule has 0 bridgehead atoms. The van der Waals surface area contributed by atoms with E-state index in [0.29, 0.717) is 6.54 Å². The molecular weight excluding hydrogens is 265 g/mol. The first-order valence-electron chi connectivity index (χ1n) is 2.91. The van der Waals surface area contributed by atoms with Crippen molar-refractivity contribution in [1.82, 2.24) is 4.98 Å². The number of rotatable bonds is 1. The zero-order chi connectivity index (χ0) is 9.40. The van der Waals surface area contributed by atoms with Gasteiger partial charge < -0.3 is 5.73 Å². The summed E-state index contributed by atoms with van der Waals surface area (Å²) in [6, 6.07) is 5.70. The van der Waals surface area contributed by atoms with Crippen LogP contribution in [0.15, 0.2) is 24.4 Å². The summed E-state index contributed by atoms with van der Waals surface area (Å²) < 4.78 is 0. The fourth-order valence-electron chi connectivity index (χ4n) is 0.519. The van der Waals surface area contributed by atoms with Gasteiger partial charge in [0, 0.05) is 12.7 Å². The third-order valence-corrected chi connectivity index (χ3v) is 0.935. The average molecular weight is 273 g/mol. The Bertz CT molecular complexity index is 192. The topological polar surface area (TPSA) is 38.9 Å². The predicted molar refractivity (Wildman–Crippen MR) is 49.7 cm³/mol. The van der Waals surface area contributed by atoms with E-state index in [1.165, 1.54) is 0 Å². The maximum atomic E-state index is 5.29. The van der Waals surface area contributed by atoms with Crippen molar-refractivity contribution in [2.24, 2.45) is 5.73 Å². The summed E-state index contributed by atoms with van der Waals surface area (Å²) in [4.78, 5) is 3.97. The van der Waals surface area contributed by atoms with E-state index in [2.05, 4.69) is 4.98 Å². The van der Waals surface area contributed by atoms with Crippen molar-refractivity contribution in [1.29, 1.82) is 0 Å². The monoisotopic (exact) mass is 272 g/mol. The van der Waals surface area contributed by atoms with Crippen molar-refractivity contribution in [2.45, 2.75) is 6.54 Å². The van der Waals surface area contributed by atoms with Crippen LogP contribution < -0.4 is 5.73 Å². The van der Waals surface area contributed by atoms with Crippen molar-refractivity contribution in [3.63, 3.8) is 0 Å². The van der Waals surface area contributed by atoms with Crippen molar-refractivity contribution >= 4 is 30.4 Å². The second-order valence-electron chi connectivity index (χ2n) is 1.67. The van der Waals surface area contributed by atoms with Gasteiger partial charge >= 0.3 is 41.4 Å². The Morgan fingerprint density at radius 2 is 1.92 bits per heavy atom. The molecule has 0 amide bonds. The van der Waals surface area contributed by atoms with Gasteiger partial charge in [0.15, 0.2) is 0 Å². The zero-order valence-corrected chi connectivity index (χ0v) is 9.32. The van der Waals surface area contributed by atoms with Gasteiger partial charge in [-0.1, -0.05) is 6.07 Å². The Morgan fingerprint density at radius 1 is 1.33 bits per heavy atom. The van der Waals surface area contributed by atoms with Crippen LogP contribution >= 0.6 is 30.4 Å². The number of hydrogen-bond acceptors (Lipinski definition) is 2. The Labute approximate surface area is 88.5 Å². The van der Waals surface area contributed by atoms with Crippen LogP contribution in [-0.4, -0.2) is 4.98 Å². The summed E-state index contributed by atoms with van der Waals surface area (Å²) in [5.74, 6) is 0. The molecule has 72 valence electrons. The zero-order valence-electron chi connectivity index (χ0n) is 6.01. The van der Waals surface area contributed by atoms with E-state index in [9.17, 15) is 0 Å². The van der Waals surface area contributed by atoms with Gasteiger partial charge in [-0.25, -0.2) is 0 Å². The summed E-state index contributed by atoms with van der Waals surface area (Å²) in [6.07, 6.45) is 1.74.